The van der Waals surface area contributed by atoms with E-state index in [1.807, 2.05) is 90.3 Å². The average Bonchev–Trinajstić information content (AvgIpc) is 3.96. The van der Waals surface area contributed by atoms with Gasteiger partial charge in [0, 0.05) is 34.5 Å². The number of hydrogen-bond donors (Lipinski definition) is 2. The van der Waals surface area contributed by atoms with Crippen LogP contribution in [0.25, 0.3) is 11.1 Å². The predicted molar refractivity (Wildman–Crippen MR) is 220 cm³/mol. The Kier molecular flexibility index (Phi) is 11.6. The van der Waals surface area contributed by atoms with Crippen LogP contribution in [0.4, 0.5) is 0 Å². The topological polar surface area (TPSA) is 94.9 Å². The van der Waals surface area contributed by atoms with Gasteiger partial charge < -0.3 is 10.2 Å². The molecule has 8 rings (SSSR count). The lowest BCUT2D eigenvalue weighted by Gasteiger charge is -2.46. The normalized spacial score (nSPS) is 23.5. The van der Waals surface area contributed by atoms with Gasteiger partial charge in [-0.25, -0.2) is 8.42 Å². The van der Waals surface area contributed by atoms with Crippen LogP contribution in [-0.4, -0.2) is 53.5 Å². The highest BCUT2D eigenvalue weighted by Crippen LogP contribution is 2.59. The molecule has 5 aromatic rings. The number of carbonyl (C=O) groups is 1. The molecule has 6 nitrogen and oxygen atoms in total. The van der Waals surface area contributed by atoms with Gasteiger partial charge in [-0.1, -0.05) is 97.4 Å². The smallest absolute Gasteiger partial charge is 0.252 e. The number of allylic oxidation sites excluding steroid dienone is 2. The van der Waals surface area contributed by atoms with Crippen LogP contribution >= 0.6 is 22.7 Å². The Bertz CT molecular complexity index is 2200. The van der Waals surface area contributed by atoms with Crippen molar-refractivity contribution in [1.82, 2.24) is 4.31 Å². The molecule has 2 heterocycles. The van der Waals surface area contributed by atoms with Gasteiger partial charge in [-0.2, -0.15) is 4.31 Å². The minimum Gasteiger partial charge on any atom is -0.393 e. The third-order valence-corrected chi connectivity index (χ3v) is 16.0. The number of benzene rings is 3. The average molecular weight is 780 g/mol. The molecular weight excluding hydrogens is 731 g/mol. The largest absolute Gasteiger partial charge is 0.393 e. The summed E-state index contributed by atoms with van der Waals surface area (Å²) >= 11 is 2.80. The fraction of sp³-hybridized carbons (Fsp3) is 0.356. The summed E-state index contributed by atoms with van der Waals surface area (Å²) < 4.78 is 30.4. The van der Waals surface area contributed by atoms with Crippen molar-refractivity contribution >= 4 is 38.5 Å². The van der Waals surface area contributed by atoms with Gasteiger partial charge in [0.1, 0.15) is 4.21 Å². The molecule has 1 fully saturated rings. The first-order chi connectivity index (χ1) is 26.0. The zero-order valence-corrected chi connectivity index (χ0v) is 33.4. The van der Waals surface area contributed by atoms with Gasteiger partial charge in [0.15, 0.2) is 5.78 Å². The zero-order valence-electron chi connectivity index (χ0n) is 31.0. The van der Waals surface area contributed by atoms with Crippen molar-refractivity contribution in [3.63, 3.8) is 0 Å². The van der Waals surface area contributed by atoms with Crippen molar-refractivity contribution in [1.29, 1.82) is 0 Å². The zero-order chi connectivity index (χ0) is 37.9. The molecule has 0 radical (unpaired) electrons. The standard InChI is InChI=1S/C45H49NO5S3/c1-32-11-8-24-44(2)41(22-25-45(44,49)31-46(26-23-36-14-9-27-52-36)54(50,51)42-17-10-28-53-42)38-21-19-33(29-35(47)20-18-32)30-40(38)43(48)39-16-7-6-15-37(39)34-12-4-3-5-13-34/h3-7,9-17,19,21,27-28,30,35,41,47,49H,8,18,20,22-26,29,31H2,1-2H3/t35-,41-,44-,45+/m0/s1. The van der Waals surface area contributed by atoms with E-state index in [9.17, 15) is 23.4 Å². The number of rotatable bonds is 10. The van der Waals surface area contributed by atoms with Gasteiger partial charge in [0.05, 0.1) is 11.7 Å². The van der Waals surface area contributed by atoms with Crippen molar-refractivity contribution in [2.45, 2.75) is 87.0 Å². The lowest BCUT2D eigenvalue weighted by Crippen LogP contribution is -2.54. The third-order valence-electron chi connectivity index (χ3n) is 11.9. The summed E-state index contributed by atoms with van der Waals surface area (Å²) in [5.74, 6) is -0.330. The third kappa shape index (κ3) is 7.85. The van der Waals surface area contributed by atoms with E-state index >= 15 is 0 Å². The number of aliphatic hydroxyl groups is 2. The SMILES string of the molecule is CC1=CCC[C@@]2(C)[C@@H](CC[C@@]2(O)CN(CCc2cccs2)S(=O)(=O)c2cccs2)c2ccc(cc2C(=O)c2ccccc2-c2ccccc2)C[C@@H](O)CC1. The van der Waals surface area contributed by atoms with Gasteiger partial charge in [-0.15, -0.1) is 22.7 Å². The Morgan fingerprint density at radius 3 is 2.41 bits per heavy atom. The predicted octanol–water partition coefficient (Wildman–Crippen LogP) is 9.68. The second-order valence-corrected chi connectivity index (χ2v) is 19.4. The molecule has 0 saturated heterocycles. The Hall–Kier alpha value is -3.70. The number of ketones is 1. The number of carbonyl (C=O) groups excluding carboxylic acids is 1. The molecule has 2 bridgehead atoms. The van der Waals surface area contributed by atoms with E-state index in [0.29, 0.717) is 56.1 Å². The van der Waals surface area contributed by atoms with E-state index in [1.54, 1.807) is 28.8 Å². The van der Waals surface area contributed by atoms with Gasteiger partial charge in [-0.3, -0.25) is 4.79 Å². The van der Waals surface area contributed by atoms with E-state index < -0.39 is 27.1 Å². The maximum Gasteiger partial charge on any atom is 0.252 e. The quantitative estimate of drug-likeness (QED) is 0.109. The maximum atomic E-state index is 15.0. The number of sulfonamides is 1. The Balaban J connectivity index is 1.33. The Morgan fingerprint density at radius 2 is 1.65 bits per heavy atom. The molecule has 282 valence electrons. The summed E-state index contributed by atoms with van der Waals surface area (Å²) in [5, 5.41) is 28.0. The van der Waals surface area contributed by atoms with Crippen molar-refractivity contribution in [2.24, 2.45) is 5.41 Å². The van der Waals surface area contributed by atoms with Crippen LogP contribution in [0.2, 0.25) is 0 Å². The molecule has 54 heavy (non-hydrogen) atoms. The van der Waals surface area contributed by atoms with E-state index in [0.717, 1.165) is 33.6 Å². The molecule has 0 aliphatic heterocycles. The summed E-state index contributed by atoms with van der Waals surface area (Å²) in [6, 6.07) is 31.0. The first-order valence-corrected chi connectivity index (χ1v) is 22.1. The molecule has 0 unspecified atom stereocenters. The molecule has 3 aliphatic carbocycles. The Labute approximate surface area is 327 Å². The molecule has 2 N–H and O–H groups in total. The highest BCUT2D eigenvalue weighted by molar-refractivity contribution is 7.91. The molecule has 0 amide bonds. The number of fused-ring (bicyclic) bond motifs is 8. The van der Waals surface area contributed by atoms with E-state index in [-0.39, 0.29) is 29.0 Å². The second-order valence-electron chi connectivity index (χ2n) is 15.3. The van der Waals surface area contributed by atoms with Gasteiger partial charge >= 0.3 is 0 Å². The van der Waals surface area contributed by atoms with Crippen LogP contribution < -0.4 is 0 Å². The fourth-order valence-electron chi connectivity index (χ4n) is 8.70. The minimum atomic E-state index is -3.90. The summed E-state index contributed by atoms with van der Waals surface area (Å²) in [6.45, 7) is 4.41. The maximum absolute atomic E-state index is 15.0. The summed E-state index contributed by atoms with van der Waals surface area (Å²) in [4.78, 5) is 16.1. The van der Waals surface area contributed by atoms with E-state index in [1.165, 1.54) is 21.2 Å². The van der Waals surface area contributed by atoms with Crippen LogP contribution in [0.15, 0.2) is 124 Å². The highest BCUT2D eigenvalue weighted by Gasteiger charge is 2.58. The monoisotopic (exact) mass is 779 g/mol. The van der Waals surface area contributed by atoms with Gasteiger partial charge in [0.2, 0.25) is 0 Å². The van der Waals surface area contributed by atoms with Gasteiger partial charge in [0.25, 0.3) is 10.0 Å². The molecule has 1 saturated carbocycles. The van der Waals surface area contributed by atoms with Crippen LogP contribution in [0.3, 0.4) is 0 Å². The minimum absolute atomic E-state index is 0.0430. The van der Waals surface area contributed by atoms with E-state index in [2.05, 4.69) is 19.9 Å². The molecule has 0 spiro atoms. The number of thiophene rings is 2. The number of aliphatic hydroxyl groups excluding tert-OH is 1. The molecule has 3 aliphatic rings. The number of hydrogen-bond acceptors (Lipinski definition) is 7. The lowest BCUT2D eigenvalue weighted by molar-refractivity contribution is -0.0722. The second kappa shape index (κ2) is 16.2. The summed E-state index contributed by atoms with van der Waals surface area (Å²) in [6.07, 6.45) is 6.26. The van der Waals surface area contributed by atoms with Crippen molar-refractivity contribution < 1.29 is 23.4 Å². The molecule has 2 aromatic heterocycles. The van der Waals surface area contributed by atoms with Crippen LogP contribution in [0, 0.1) is 5.41 Å². The highest BCUT2D eigenvalue weighted by atomic mass is 32.2. The fourth-order valence-corrected chi connectivity index (χ4v) is 12.0. The first kappa shape index (κ1) is 38.6. The summed E-state index contributed by atoms with van der Waals surface area (Å²) in [7, 11) is -3.90. The summed E-state index contributed by atoms with van der Waals surface area (Å²) in [5.41, 5.74) is 3.75. The Morgan fingerprint density at radius 1 is 0.889 bits per heavy atom. The van der Waals surface area contributed by atoms with Crippen molar-refractivity contribution in [3.8, 4) is 11.1 Å². The van der Waals surface area contributed by atoms with Crippen LogP contribution in [0.5, 0.6) is 0 Å². The molecular formula is C45H49NO5S3. The first-order valence-electron chi connectivity index (χ1n) is 18.9. The van der Waals surface area contributed by atoms with Crippen LogP contribution in [-0.2, 0) is 22.9 Å². The van der Waals surface area contributed by atoms with E-state index in [4.69, 9.17) is 0 Å². The number of nitrogens with zero attached hydrogens (tertiary/aromatic N) is 1. The van der Waals surface area contributed by atoms with Crippen molar-refractivity contribution in [3.05, 3.63) is 147 Å². The van der Waals surface area contributed by atoms with Crippen molar-refractivity contribution in [2.75, 3.05) is 13.1 Å². The molecule has 4 atom stereocenters. The molecule has 9 heteroatoms. The molecule has 3 aromatic carbocycles. The van der Waals surface area contributed by atoms with Crippen LogP contribution in [0.1, 0.15) is 90.2 Å². The van der Waals surface area contributed by atoms with Gasteiger partial charge in [-0.05, 0) is 115 Å². The lowest BCUT2D eigenvalue weighted by atomic mass is 9.64.